The minimum Gasteiger partial charge on any atom is -0.391 e. The Morgan fingerprint density at radius 2 is 1.04 bits per heavy atom. The van der Waals surface area contributed by atoms with Crippen LogP contribution in [-0.2, 0) is 0 Å². The fraction of sp³-hybridized carbons (Fsp3) is 1.00. The molecule has 0 rings (SSSR count). The number of aliphatic hydroxyl groups is 1. The van der Waals surface area contributed by atoms with Crippen LogP contribution in [0.2, 0.25) is 0 Å². The summed E-state index contributed by atoms with van der Waals surface area (Å²) < 4.78 is 0. The highest BCUT2D eigenvalue weighted by Gasteiger charge is 2.01. The first-order chi connectivity index (χ1) is 11.8. The Labute approximate surface area is 161 Å². The van der Waals surface area contributed by atoms with Crippen LogP contribution in [0.4, 0.5) is 0 Å². The van der Waals surface area contributed by atoms with E-state index >= 15 is 0 Å². The molecule has 0 aliphatic heterocycles. The lowest BCUT2D eigenvalue weighted by Gasteiger charge is -2.06. The lowest BCUT2D eigenvalue weighted by atomic mass is 10.0. The molecule has 0 aromatic carbocycles. The van der Waals surface area contributed by atoms with Crippen LogP contribution in [0.25, 0.3) is 0 Å². The number of unbranched alkanes of at least 4 members (excludes halogenated alkanes) is 15. The third kappa shape index (κ3) is 20.6. The lowest BCUT2D eigenvalue weighted by molar-refractivity contribution is 0.223. The van der Waals surface area contributed by atoms with Gasteiger partial charge in [-0.1, -0.05) is 103 Å². The topological polar surface area (TPSA) is 20.2 Å². The molecule has 1 atom stereocenters. The minimum atomic E-state index is -0.322. The summed E-state index contributed by atoms with van der Waals surface area (Å²) in [5.41, 5.74) is 0. The standard InChI is InChI=1S/C21H43ClOS/c1-2-3-4-5-6-7-8-9-10-11-12-13-14-15-16-17-18-24-20-21(23)19-22/h21,23H,2-20H2,1H3. The van der Waals surface area contributed by atoms with Crippen LogP contribution in [-0.4, -0.2) is 28.6 Å². The van der Waals surface area contributed by atoms with Crippen molar-refractivity contribution in [3.63, 3.8) is 0 Å². The summed E-state index contributed by atoms with van der Waals surface area (Å²) in [5.74, 6) is 2.33. The van der Waals surface area contributed by atoms with E-state index in [4.69, 9.17) is 11.6 Å². The van der Waals surface area contributed by atoms with E-state index in [1.807, 2.05) is 11.8 Å². The second-order valence-electron chi connectivity index (χ2n) is 7.19. The zero-order valence-corrected chi connectivity index (χ0v) is 17.8. The molecular formula is C21H43ClOS. The Morgan fingerprint density at radius 1 is 0.667 bits per heavy atom. The van der Waals surface area contributed by atoms with Gasteiger partial charge >= 0.3 is 0 Å². The molecule has 1 unspecified atom stereocenters. The van der Waals surface area contributed by atoms with Gasteiger partial charge in [-0.15, -0.1) is 11.6 Å². The van der Waals surface area contributed by atoms with E-state index < -0.39 is 0 Å². The van der Waals surface area contributed by atoms with E-state index in [1.165, 1.54) is 108 Å². The number of hydrogen-bond donors (Lipinski definition) is 1. The molecule has 0 aromatic rings. The molecule has 1 nitrogen and oxygen atoms in total. The van der Waals surface area contributed by atoms with Crippen molar-refractivity contribution in [2.24, 2.45) is 0 Å². The van der Waals surface area contributed by atoms with E-state index in [0.29, 0.717) is 5.88 Å². The van der Waals surface area contributed by atoms with Crippen molar-refractivity contribution in [2.45, 2.75) is 116 Å². The average Bonchev–Trinajstić information content (AvgIpc) is 2.60. The van der Waals surface area contributed by atoms with Crippen LogP contribution >= 0.6 is 23.4 Å². The molecule has 0 saturated heterocycles. The van der Waals surface area contributed by atoms with E-state index in [2.05, 4.69) is 6.92 Å². The molecule has 0 spiro atoms. The summed E-state index contributed by atoms with van der Waals surface area (Å²) in [6, 6.07) is 0. The molecule has 3 heteroatoms. The normalized spacial score (nSPS) is 12.6. The second-order valence-corrected chi connectivity index (χ2v) is 8.64. The maximum absolute atomic E-state index is 9.34. The lowest BCUT2D eigenvalue weighted by Crippen LogP contribution is -2.11. The molecular weight excluding hydrogens is 336 g/mol. The zero-order valence-electron chi connectivity index (χ0n) is 16.2. The van der Waals surface area contributed by atoms with Gasteiger partial charge in [0.1, 0.15) is 0 Å². The maximum atomic E-state index is 9.34. The molecule has 146 valence electrons. The van der Waals surface area contributed by atoms with Crippen molar-refractivity contribution >= 4 is 23.4 Å². The maximum Gasteiger partial charge on any atom is 0.0765 e. The average molecular weight is 379 g/mol. The predicted octanol–water partition coefficient (Wildman–Crippen LogP) is 7.58. The summed E-state index contributed by atoms with van der Waals surface area (Å²) in [5, 5.41) is 9.34. The number of rotatable bonds is 20. The number of alkyl halides is 1. The summed E-state index contributed by atoms with van der Waals surface area (Å²) in [6.45, 7) is 2.29. The van der Waals surface area contributed by atoms with Crippen LogP contribution in [0.5, 0.6) is 0 Å². The van der Waals surface area contributed by atoms with E-state index in [0.717, 1.165) is 5.75 Å². The molecule has 0 aliphatic carbocycles. The molecule has 0 saturated carbocycles. The summed E-state index contributed by atoms with van der Waals surface area (Å²) >= 11 is 7.41. The fourth-order valence-electron chi connectivity index (χ4n) is 3.02. The Morgan fingerprint density at radius 3 is 1.42 bits per heavy atom. The largest absolute Gasteiger partial charge is 0.391 e. The molecule has 0 amide bonds. The fourth-order valence-corrected chi connectivity index (χ4v) is 4.22. The first-order valence-electron chi connectivity index (χ1n) is 10.6. The Bertz CT molecular complexity index is 226. The van der Waals surface area contributed by atoms with Crippen molar-refractivity contribution in [3.05, 3.63) is 0 Å². The molecule has 24 heavy (non-hydrogen) atoms. The van der Waals surface area contributed by atoms with Crippen molar-refractivity contribution in [1.82, 2.24) is 0 Å². The first-order valence-corrected chi connectivity index (χ1v) is 12.3. The van der Waals surface area contributed by atoms with Gasteiger partial charge in [-0.05, 0) is 12.2 Å². The van der Waals surface area contributed by atoms with Crippen LogP contribution < -0.4 is 0 Å². The van der Waals surface area contributed by atoms with Gasteiger partial charge in [0.2, 0.25) is 0 Å². The number of halogens is 1. The van der Waals surface area contributed by atoms with Gasteiger partial charge < -0.3 is 5.11 Å². The molecule has 0 aromatic heterocycles. The van der Waals surface area contributed by atoms with E-state index in [9.17, 15) is 5.11 Å². The van der Waals surface area contributed by atoms with Crippen molar-refractivity contribution in [2.75, 3.05) is 17.4 Å². The number of hydrogen-bond acceptors (Lipinski definition) is 2. The van der Waals surface area contributed by atoms with Gasteiger partial charge in [0, 0.05) is 11.6 Å². The van der Waals surface area contributed by atoms with Crippen LogP contribution in [0.1, 0.15) is 110 Å². The molecule has 0 radical (unpaired) electrons. The van der Waals surface area contributed by atoms with Crippen LogP contribution in [0.15, 0.2) is 0 Å². The molecule has 1 N–H and O–H groups in total. The summed E-state index contributed by atoms with van der Waals surface area (Å²) in [6.07, 6.45) is 22.4. The van der Waals surface area contributed by atoms with Gasteiger partial charge in [-0.3, -0.25) is 0 Å². The monoisotopic (exact) mass is 378 g/mol. The summed E-state index contributed by atoms with van der Waals surface area (Å²) in [7, 11) is 0. The van der Waals surface area contributed by atoms with Crippen molar-refractivity contribution in [1.29, 1.82) is 0 Å². The number of aliphatic hydroxyl groups excluding tert-OH is 1. The highest BCUT2D eigenvalue weighted by atomic mass is 35.5. The van der Waals surface area contributed by atoms with Gasteiger partial charge in [-0.25, -0.2) is 0 Å². The summed E-state index contributed by atoms with van der Waals surface area (Å²) in [4.78, 5) is 0. The molecule has 0 bridgehead atoms. The second kappa shape index (κ2) is 21.6. The van der Waals surface area contributed by atoms with Crippen LogP contribution in [0, 0.1) is 0 Å². The first kappa shape index (κ1) is 24.6. The molecule has 0 fully saturated rings. The van der Waals surface area contributed by atoms with E-state index in [1.54, 1.807) is 0 Å². The zero-order chi connectivity index (χ0) is 17.7. The smallest absolute Gasteiger partial charge is 0.0765 e. The minimum absolute atomic E-state index is 0.322. The van der Waals surface area contributed by atoms with Gasteiger partial charge in [0.25, 0.3) is 0 Å². The third-order valence-corrected chi connectivity index (χ3v) is 6.18. The van der Waals surface area contributed by atoms with Crippen molar-refractivity contribution in [3.8, 4) is 0 Å². The quantitative estimate of drug-likeness (QED) is 0.174. The molecule has 0 heterocycles. The molecule has 0 aliphatic rings. The van der Waals surface area contributed by atoms with Gasteiger partial charge in [0.15, 0.2) is 0 Å². The third-order valence-electron chi connectivity index (χ3n) is 4.63. The number of thioether (sulfide) groups is 1. The Hall–Kier alpha value is 0.600. The highest BCUT2D eigenvalue weighted by molar-refractivity contribution is 7.99. The van der Waals surface area contributed by atoms with Gasteiger partial charge in [0.05, 0.1) is 6.10 Å². The van der Waals surface area contributed by atoms with Gasteiger partial charge in [-0.2, -0.15) is 11.8 Å². The van der Waals surface area contributed by atoms with Crippen molar-refractivity contribution < 1.29 is 5.11 Å². The highest BCUT2D eigenvalue weighted by Crippen LogP contribution is 2.14. The van der Waals surface area contributed by atoms with Crippen LogP contribution in [0.3, 0.4) is 0 Å². The Kier molecular flexibility index (Phi) is 22.2. The van der Waals surface area contributed by atoms with E-state index in [-0.39, 0.29) is 6.10 Å². The SMILES string of the molecule is CCCCCCCCCCCCCCCCCCSCC(O)CCl. The predicted molar refractivity (Wildman–Crippen MR) is 114 cm³/mol. The Balaban J connectivity index is 2.98.